The van der Waals surface area contributed by atoms with Crippen molar-refractivity contribution < 1.29 is 23.9 Å². The van der Waals surface area contributed by atoms with Gasteiger partial charge in [0.1, 0.15) is 5.75 Å². The van der Waals surface area contributed by atoms with Gasteiger partial charge in [0.25, 0.3) is 5.91 Å². The van der Waals surface area contributed by atoms with Crippen molar-refractivity contribution in [2.45, 2.75) is 25.8 Å². The fraction of sp³-hybridized carbons (Fsp3) is 0.500. The van der Waals surface area contributed by atoms with Crippen LogP contribution in [-0.2, 0) is 9.53 Å². The average molecular weight is 363 g/mol. The fourth-order valence-electron chi connectivity index (χ4n) is 2.73. The van der Waals surface area contributed by atoms with Crippen molar-refractivity contribution in [1.82, 2.24) is 15.5 Å². The summed E-state index contributed by atoms with van der Waals surface area (Å²) in [7, 11) is 1.53. The summed E-state index contributed by atoms with van der Waals surface area (Å²) in [5.41, 5.74) is 0.430. The second kappa shape index (κ2) is 9.65. The third-order valence-corrected chi connectivity index (χ3v) is 4.13. The number of nitrogens with zero attached hydrogens (tertiary/aromatic N) is 1. The second-order valence-corrected chi connectivity index (χ2v) is 5.94. The molecule has 0 saturated carbocycles. The number of likely N-dealkylation sites (tertiary alicyclic amines) is 1. The van der Waals surface area contributed by atoms with Crippen molar-refractivity contribution in [3.63, 3.8) is 0 Å². The third-order valence-electron chi connectivity index (χ3n) is 4.13. The first kappa shape index (κ1) is 19.6. The molecule has 2 rings (SSSR count). The van der Waals surface area contributed by atoms with Crippen LogP contribution >= 0.6 is 0 Å². The van der Waals surface area contributed by atoms with Gasteiger partial charge in [0.15, 0.2) is 0 Å². The van der Waals surface area contributed by atoms with Crippen LogP contribution in [-0.4, -0.2) is 62.2 Å². The highest BCUT2D eigenvalue weighted by atomic mass is 16.6. The number of hydrogen-bond donors (Lipinski definition) is 2. The molecule has 8 nitrogen and oxygen atoms in total. The predicted molar refractivity (Wildman–Crippen MR) is 95.1 cm³/mol. The van der Waals surface area contributed by atoms with E-state index in [2.05, 4.69) is 10.6 Å². The molecule has 0 spiro atoms. The summed E-state index contributed by atoms with van der Waals surface area (Å²) in [6.07, 6.45) is 1.01. The molecule has 1 heterocycles. The van der Waals surface area contributed by atoms with Crippen LogP contribution in [0.25, 0.3) is 0 Å². The van der Waals surface area contributed by atoms with Gasteiger partial charge < -0.3 is 25.0 Å². The standard InChI is InChI=1S/C18H25N3O5/c1-3-26-18(24)21-9-7-14(8-10-21)20-16(22)12-19-17(23)13-5-4-6-15(11-13)25-2/h4-6,11,14H,3,7-10,12H2,1-2H3,(H,19,23)(H,20,22). The highest BCUT2D eigenvalue weighted by molar-refractivity contribution is 5.96. The van der Waals surface area contributed by atoms with Crippen molar-refractivity contribution in [1.29, 1.82) is 0 Å². The SMILES string of the molecule is CCOC(=O)N1CCC(NC(=O)CNC(=O)c2cccc(OC)c2)CC1. The van der Waals surface area contributed by atoms with Crippen LogP contribution in [0.4, 0.5) is 4.79 Å². The molecule has 0 aromatic heterocycles. The Morgan fingerprint density at radius 3 is 2.62 bits per heavy atom. The number of hydrogen-bond acceptors (Lipinski definition) is 5. The molecular formula is C18H25N3O5. The zero-order valence-corrected chi connectivity index (χ0v) is 15.1. The number of rotatable bonds is 6. The zero-order chi connectivity index (χ0) is 18.9. The molecule has 0 aliphatic carbocycles. The van der Waals surface area contributed by atoms with Gasteiger partial charge in [0.2, 0.25) is 5.91 Å². The van der Waals surface area contributed by atoms with E-state index < -0.39 is 0 Å². The molecule has 142 valence electrons. The number of piperidine rings is 1. The fourth-order valence-corrected chi connectivity index (χ4v) is 2.73. The first-order valence-corrected chi connectivity index (χ1v) is 8.66. The van der Waals surface area contributed by atoms with E-state index >= 15 is 0 Å². The van der Waals surface area contributed by atoms with Crippen LogP contribution in [0.15, 0.2) is 24.3 Å². The van der Waals surface area contributed by atoms with Crippen LogP contribution in [0.2, 0.25) is 0 Å². The Morgan fingerprint density at radius 1 is 1.23 bits per heavy atom. The molecule has 1 fully saturated rings. The van der Waals surface area contributed by atoms with Crippen molar-refractivity contribution in [3.05, 3.63) is 29.8 Å². The van der Waals surface area contributed by atoms with E-state index in [-0.39, 0.29) is 30.5 Å². The van der Waals surface area contributed by atoms with Crippen LogP contribution in [0.1, 0.15) is 30.1 Å². The first-order valence-electron chi connectivity index (χ1n) is 8.66. The van der Waals surface area contributed by atoms with Crippen molar-refractivity contribution in [3.8, 4) is 5.75 Å². The molecular weight excluding hydrogens is 338 g/mol. The molecule has 0 radical (unpaired) electrons. The second-order valence-electron chi connectivity index (χ2n) is 5.94. The van der Waals surface area contributed by atoms with Crippen LogP contribution in [0, 0.1) is 0 Å². The number of amides is 3. The van der Waals surface area contributed by atoms with Gasteiger partial charge in [0.05, 0.1) is 20.3 Å². The summed E-state index contributed by atoms with van der Waals surface area (Å²) >= 11 is 0. The number of carbonyl (C=O) groups excluding carboxylic acids is 3. The normalized spacial score (nSPS) is 14.5. The van der Waals surface area contributed by atoms with E-state index in [1.807, 2.05) is 0 Å². The van der Waals surface area contributed by atoms with Gasteiger partial charge in [-0.05, 0) is 38.0 Å². The highest BCUT2D eigenvalue weighted by Gasteiger charge is 2.24. The lowest BCUT2D eigenvalue weighted by Crippen LogP contribution is -2.48. The molecule has 26 heavy (non-hydrogen) atoms. The van der Waals surface area contributed by atoms with Crippen LogP contribution < -0.4 is 15.4 Å². The largest absolute Gasteiger partial charge is 0.497 e. The Kier molecular flexibility index (Phi) is 7.25. The van der Waals surface area contributed by atoms with Crippen molar-refractivity contribution in [2.75, 3.05) is 33.4 Å². The summed E-state index contributed by atoms with van der Waals surface area (Å²) in [6, 6.07) is 6.71. The van der Waals surface area contributed by atoms with Gasteiger partial charge in [-0.25, -0.2) is 4.79 Å². The summed E-state index contributed by atoms with van der Waals surface area (Å²) in [5, 5.41) is 5.47. The number of nitrogens with one attached hydrogen (secondary N) is 2. The lowest BCUT2D eigenvalue weighted by molar-refractivity contribution is -0.121. The number of benzene rings is 1. The minimum Gasteiger partial charge on any atom is -0.497 e. The predicted octanol–water partition coefficient (Wildman–Crippen LogP) is 1.16. The highest BCUT2D eigenvalue weighted by Crippen LogP contribution is 2.13. The Bertz CT molecular complexity index is 641. The van der Waals surface area contributed by atoms with Gasteiger partial charge in [0, 0.05) is 24.7 Å². The van der Waals surface area contributed by atoms with Crippen molar-refractivity contribution in [2.24, 2.45) is 0 Å². The van der Waals surface area contributed by atoms with Crippen molar-refractivity contribution >= 4 is 17.9 Å². The van der Waals surface area contributed by atoms with Gasteiger partial charge in [-0.1, -0.05) is 6.07 Å². The van der Waals surface area contributed by atoms with E-state index in [0.717, 1.165) is 0 Å². The molecule has 0 unspecified atom stereocenters. The molecule has 0 atom stereocenters. The summed E-state index contributed by atoms with van der Waals surface area (Å²) < 4.78 is 10.0. The number of ether oxygens (including phenoxy) is 2. The van der Waals surface area contributed by atoms with E-state index in [9.17, 15) is 14.4 Å². The summed E-state index contributed by atoms with van der Waals surface area (Å²) in [6.45, 7) is 3.10. The van der Waals surface area contributed by atoms with E-state index in [1.165, 1.54) is 7.11 Å². The van der Waals surface area contributed by atoms with Gasteiger partial charge in [-0.3, -0.25) is 9.59 Å². The van der Waals surface area contributed by atoms with E-state index in [0.29, 0.717) is 43.9 Å². The maximum Gasteiger partial charge on any atom is 0.409 e. The van der Waals surface area contributed by atoms with E-state index in [1.54, 1.807) is 36.1 Å². The minimum atomic E-state index is -0.337. The van der Waals surface area contributed by atoms with Crippen LogP contribution in [0.5, 0.6) is 5.75 Å². The smallest absolute Gasteiger partial charge is 0.409 e. The average Bonchev–Trinajstić information content (AvgIpc) is 2.67. The molecule has 0 bridgehead atoms. The van der Waals surface area contributed by atoms with Crippen LogP contribution in [0.3, 0.4) is 0 Å². The summed E-state index contributed by atoms with van der Waals surface area (Å²) in [4.78, 5) is 37.4. The third kappa shape index (κ3) is 5.65. The molecule has 1 aliphatic heterocycles. The lowest BCUT2D eigenvalue weighted by atomic mass is 10.1. The monoisotopic (exact) mass is 363 g/mol. The number of carbonyl (C=O) groups is 3. The minimum absolute atomic E-state index is 0.0121. The topological polar surface area (TPSA) is 97.0 Å². The summed E-state index contributed by atoms with van der Waals surface area (Å²) in [5.74, 6) is -0.0116. The van der Waals surface area contributed by atoms with E-state index in [4.69, 9.17) is 9.47 Å². The number of methoxy groups -OCH3 is 1. The maximum atomic E-state index is 12.1. The Hall–Kier alpha value is -2.77. The molecule has 1 aromatic carbocycles. The van der Waals surface area contributed by atoms with Gasteiger partial charge >= 0.3 is 6.09 Å². The zero-order valence-electron chi connectivity index (χ0n) is 15.1. The maximum absolute atomic E-state index is 12.1. The molecule has 1 aromatic rings. The Balaban J connectivity index is 1.72. The molecule has 1 saturated heterocycles. The lowest BCUT2D eigenvalue weighted by Gasteiger charge is -2.31. The molecule has 8 heteroatoms. The van der Waals surface area contributed by atoms with Gasteiger partial charge in [-0.15, -0.1) is 0 Å². The first-order chi connectivity index (χ1) is 12.5. The Labute approximate surface area is 152 Å². The Morgan fingerprint density at radius 2 is 1.96 bits per heavy atom. The molecule has 2 N–H and O–H groups in total. The van der Waals surface area contributed by atoms with Gasteiger partial charge in [-0.2, -0.15) is 0 Å². The quantitative estimate of drug-likeness (QED) is 0.791. The molecule has 3 amide bonds. The molecule has 1 aliphatic rings.